The summed E-state index contributed by atoms with van der Waals surface area (Å²) < 4.78 is 15.6. The van der Waals surface area contributed by atoms with Gasteiger partial charge in [0.15, 0.2) is 0 Å². The van der Waals surface area contributed by atoms with Crippen molar-refractivity contribution in [2.75, 3.05) is 12.9 Å². The van der Waals surface area contributed by atoms with Gasteiger partial charge in [-0.3, -0.25) is 5.84 Å². The first kappa shape index (κ1) is 9.98. The second-order valence-electron chi connectivity index (χ2n) is 2.38. The van der Waals surface area contributed by atoms with Crippen LogP contribution in [-0.4, -0.2) is 12.9 Å². The van der Waals surface area contributed by atoms with E-state index in [9.17, 15) is 4.57 Å². The first-order valence-electron chi connectivity index (χ1n) is 3.18. The molecule has 1 unspecified atom stereocenters. The van der Waals surface area contributed by atoms with Gasteiger partial charge < -0.3 is 0 Å². The van der Waals surface area contributed by atoms with Gasteiger partial charge in [0.1, 0.15) is 6.61 Å². The number of hydrazine groups is 1. The molecule has 0 aliphatic rings. The zero-order valence-corrected chi connectivity index (χ0v) is 7.23. The number of nitrogens with one attached hydrogen (secondary N) is 1. The lowest BCUT2D eigenvalue weighted by molar-refractivity contribution is 0.281. The Morgan fingerprint density at radius 1 is 1.70 bits per heavy atom. The summed E-state index contributed by atoms with van der Waals surface area (Å²) in [5, 5.41) is 0. The van der Waals surface area contributed by atoms with Crippen molar-refractivity contribution in [2.24, 2.45) is 11.8 Å². The van der Waals surface area contributed by atoms with Crippen LogP contribution < -0.4 is 11.3 Å². The Bertz CT molecular complexity index is 108. The van der Waals surface area contributed by atoms with Crippen LogP contribution in [-0.2, 0) is 9.09 Å². The summed E-state index contributed by atoms with van der Waals surface area (Å²) in [6, 6.07) is 0. The fourth-order valence-electron chi connectivity index (χ4n) is 0.352. The lowest BCUT2D eigenvalue weighted by Gasteiger charge is -1.95. The van der Waals surface area contributed by atoms with E-state index in [1.807, 2.05) is 13.8 Å². The lowest BCUT2D eigenvalue weighted by Crippen LogP contribution is -2.21. The van der Waals surface area contributed by atoms with E-state index in [2.05, 4.69) is 5.43 Å². The van der Waals surface area contributed by atoms with E-state index in [-0.39, 0.29) is 6.29 Å². The molecule has 0 radical (unpaired) electrons. The fourth-order valence-corrected chi connectivity index (χ4v) is 1.06. The van der Waals surface area contributed by atoms with E-state index >= 15 is 0 Å². The van der Waals surface area contributed by atoms with Gasteiger partial charge in [-0.25, -0.2) is 5.43 Å². The maximum atomic E-state index is 10.7. The fraction of sp³-hybridized carbons (Fsp3) is 1.00. The van der Waals surface area contributed by atoms with Gasteiger partial charge in [0.05, 0.1) is 0 Å². The lowest BCUT2D eigenvalue weighted by atomic mass is 10.2. The molecule has 1 atom stereocenters. The third-order valence-electron chi connectivity index (χ3n) is 0.772. The molecule has 0 aliphatic heterocycles. The van der Waals surface area contributed by atoms with Crippen molar-refractivity contribution in [1.82, 2.24) is 5.43 Å². The summed E-state index contributed by atoms with van der Waals surface area (Å²) in [6.07, 6.45) is 0.224. The molecular formula is C5H14N2O2P+. The van der Waals surface area contributed by atoms with Gasteiger partial charge in [-0.15, -0.1) is 4.52 Å². The van der Waals surface area contributed by atoms with Crippen molar-refractivity contribution in [3.63, 3.8) is 0 Å². The highest BCUT2D eigenvalue weighted by atomic mass is 31.1. The Labute approximate surface area is 62.0 Å². The largest absolute Gasteiger partial charge is 0.525 e. The average molecular weight is 165 g/mol. The van der Waals surface area contributed by atoms with Gasteiger partial charge in [-0.05, 0) is 10.5 Å². The molecule has 0 heterocycles. The molecule has 0 saturated heterocycles. The monoisotopic (exact) mass is 165 g/mol. The smallest absolute Gasteiger partial charge is 0.268 e. The van der Waals surface area contributed by atoms with Crippen LogP contribution in [0.4, 0.5) is 0 Å². The van der Waals surface area contributed by atoms with Gasteiger partial charge in [0.25, 0.3) is 0 Å². The van der Waals surface area contributed by atoms with Gasteiger partial charge in [0.2, 0.25) is 6.29 Å². The minimum absolute atomic E-state index is 0.224. The predicted octanol–water partition coefficient (Wildman–Crippen LogP) is 0.822. The van der Waals surface area contributed by atoms with E-state index < -0.39 is 8.03 Å². The normalized spacial score (nSPS) is 12.2. The summed E-state index contributed by atoms with van der Waals surface area (Å²) >= 11 is 0. The van der Waals surface area contributed by atoms with Crippen LogP contribution in [0.25, 0.3) is 0 Å². The molecular weight excluding hydrogens is 151 g/mol. The molecule has 0 aliphatic carbocycles. The van der Waals surface area contributed by atoms with Crippen LogP contribution in [0.3, 0.4) is 0 Å². The molecule has 0 bridgehead atoms. The highest BCUT2D eigenvalue weighted by Crippen LogP contribution is 2.20. The zero-order chi connectivity index (χ0) is 7.98. The molecule has 0 amide bonds. The Balaban J connectivity index is 3.22. The van der Waals surface area contributed by atoms with Crippen LogP contribution in [0.15, 0.2) is 0 Å². The van der Waals surface area contributed by atoms with Gasteiger partial charge >= 0.3 is 8.03 Å². The van der Waals surface area contributed by atoms with Crippen molar-refractivity contribution >= 4 is 8.03 Å². The Morgan fingerprint density at radius 3 is 2.70 bits per heavy atom. The van der Waals surface area contributed by atoms with Crippen molar-refractivity contribution in [3.05, 3.63) is 0 Å². The minimum Gasteiger partial charge on any atom is -0.268 e. The Kier molecular flexibility index (Phi) is 5.73. The van der Waals surface area contributed by atoms with Gasteiger partial charge in [-0.1, -0.05) is 13.8 Å². The van der Waals surface area contributed by atoms with E-state index in [4.69, 9.17) is 10.4 Å². The molecule has 0 rings (SSSR count). The van der Waals surface area contributed by atoms with Crippen LogP contribution in [0.2, 0.25) is 0 Å². The molecule has 0 aromatic heterocycles. The summed E-state index contributed by atoms with van der Waals surface area (Å²) in [7, 11) is -1.60. The van der Waals surface area contributed by atoms with E-state index in [0.717, 1.165) is 0 Å². The molecule has 10 heavy (non-hydrogen) atoms. The second-order valence-corrected chi connectivity index (χ2v) is 3.62. The van der Waals surface area contributed by atoms with Crippen LogP contribution in [0, 0.1) is 5.92 Å². The summed E-state index contributed by atoms with van der Waals surface area (Å²) in [6.45, 7) is 4.52. The van der Waals surface area contributed by atoms with Gasteiger partial charge in [0, 0.05) is 0 Å². The standard InChI is InChI=1S/C5H14N2O2P/c1-5(2)3-9-10(8)4-7-6/h5,7H,3-4,6H2,1-2H3/q+1. The molecule has 3 N–H and O–H groups in total. The first-order chi connectivity index (χ1) is 4.66. The topological polar surface area (TPSA) is 64.3 Å². The molecule has 0 aromatic rings. The molecule has 0 saturated carbocycles. The molecule has 0 fully saturated rings. The maximum Gasteiger partial charge on any atom is 0.525 e. The Morgan fingerprint density at radius 2 is 2.30 bits per heavy atom. The van der Waals surface area contributed by atoms with Crippen LogP contribution in [0.5, 0.6) is 0 Å². The number of hydrogen-bond donors (Lipinski definition) is 2. The predicted molar refractivity (Wildman–Crippen MR) is 40.6 cm³/mol. The number of nitrogens with two attached hydrogens (primary N) is 1. The molecule has 60 valence electrons. The van der Waals surface area contributed by atoms with Crippen molar-refractivity contribution in [2.45, 2.75) is 13.8 Å². The van der Waals surface area contributed by atoms with E-state index in [1.165, 1.54) is 0 Å². The molecule has 5 heteroatoms. The van der Waals surface area contributed by atoms with Crippen molar-refractivity contribution in [1.29, 1.82) is 0 Å². The third kappa shape index (κ3) is 6.11. The number of rotatable bonds is 5. The summed E-state index contributed by atoms with van der Waals surface area (Å²) in [5.74, 6) is 5.34. The third-order valence-corrected chi connectivity index (χ3v) is 1.65. The summed E-state index contributed by atoms with van der Waals surface area (Å²) in [4.78, 5) is 0. The van der Waals surface area contributed by atoms with Crippen molar-refractivity contribution < 1.29 is 9.09 Å². The maximum absolute atomic E-state index is 10.7. The molecule has 0 aromatic carbocycles. The van der Waals surface area contributed by atoms with Gasteiger partial charge in [-0.2, -0.15) is 0 Å². The highest BCUT2D eigenvalue weighted by molar-refractivity contribution is 7.39. The summed E-state index contributed by atoms with van der Waals surface area (Å²) in [5.41, 5.74) is 2.28. The van der Waals surface area contributed by atoms with Crippen molar-refractivity contribution in [3.8, 4) is 0 Å². The zero-order valence-electron chi connectivity index (χ0n) is 6.33. The highest BCUT2D eigenvalue weighted by Gasteiger charge is 2.15. The van der Waals surface area contributed by atoms with E-state index in [1.54, 1.807) is 0 Å². The van der Waals surface area contributed by atoms with Crippen LogP contribution >= 0.6 is 8.03 Å². The molecule has 0 spiro atoms. The Hall–Kier alpha value is -0.0200. The van der Waals surface area contributed by atoms with Crippen LogP contribution in [0.1, 0.15) is 13.8 Å². The number of hydrogen-bond acceptors (Lipinski definition) is 4. The molecule has 4 nitrogen and oxygen atoms in total. The minimum atomic E-state index is -1.60. The SMILES string of the molecule is CC(C)CO[P+](=O)CNN. The second kappa shape index (κ2) is 5.74. The first-order valence-corrected chi connectivity index (χ1v) is 4.54. The quantitative estimate of drug-likeness (QED) is 0.359. The van der Waals surface area contributed by atoms with E-state index in [0.29, 0.717) is 12.5 Å². The average Bonchev–Trinajstić information content (AvgIpc) is 1.85.